The quantitative estimate of drug-likeness (QED) is 0.290. The molecule has 92 valence electrons. The molecule has 5 heteroatoms. The topological polar surface area (TPSA) is 87.7 Å². The van der Waals surface area contributed by atoms with Crippen LogP contribution in [0.1, 0.15) is 40.0 Å². The van der Waals surface area contributed by atoms with Gasteiger partial charge in [0.15, 0.2) is 5.84 Å². The summed E-state index contributed by atoms with van der Waals surface area (Å²) in [7, 11) is 0. The molecule has 1 aliphatic rings. The Balaban J connectivity index is 2.76. The second kappa shape index (κ2) is 4.72. The number of nitrogens with one attached hydrogen (secondary N) is 1. The molecule has 0 aromatic heterocycles. The van der Waals surface area contributed by atoms with Gasteiger partial charge in [-0.25, -0.2) is 0 Å². The van der Waals surface area contributed by atoms with Crippen LogP contribution in [0.5, 0.6) is 0 Å². The largest absolute Gasteiger partial charge is 0.409 e. The monoisotopic (exact) mass is 227 g/mol. The van der Waals surface area contributed by atoms with Crippen molar-refractivity contribution in [2.24, 2.45) is 22.2 Å². The van der Waals surface area contributed by atoms with Gasteiger partial charge in [-0.1, -0.05) is 19.0 Å². The number of amides is 1. The highest BCUT2D eigenvalue weighted by Gasteiger charge is 2.52. The van der Waals surface area contributed by atoms with Gasteiger partial charge in [-0.3, -0.25) is 4.79 Å². The van der Waals surface area contributed by atoms with Gasteiger partial charge in [0.25, 0.3) is 0 Å². The van der Waals surface area contributed by atoms with Gasteiger partial charge in [0.1, 0.15) is 5.41 Å². The highest BCUT2D eigenvalue weighted by molar-refractivity contribution is 6.07. The van der Waals surface area contributed by atoms with Crippen LogP contribution in [0, 0.1) is 11.3 Å². The second-order valence-corrected chi connectivity index (χ2v) is 4.86. The molecular weight excluding hydrogens is 206 g/mol. The van der Waals surface area contributed by atoms with E-state index in [2.05, 4.69) is 17.4 Å². The molecule has 0 aromatic carbocycles. The van der Waals surface area contributed by atoms with Crippen molar-refractivity contribution in [1.29, 1.82) is 0 Å². The zero-order valence-corrected chi connectivity index (χ0v) is 10.2. The van der Waals surface area contributed by atoms with Gasteiger partial charge >= 0.3 is 0 Å². The first-order chi connectivity index (χ1) is 7.46. The first-order valence-electron chi connectivity index (χ1n) is 5.75. The summed E-state index contributed by atoms with van der Waals surface area (Å²) in [5.41, 5.74) is 4.85. The Morgan fingerprint density at radius 2 is 2.25 bits per heavy atom. The third-order valence-electron chi connectivity index (χ3n) is 3.42. The molecule has 0 heterocycles. The number of oxime groups is 1. The van der Waals surface area contributed by atoms with E-state index < -0.39 is 5.41 Å². The summed E-state index contributed by atoms with van der Waals surface area (Å²) in [6.07, 6.45) is 2.18. The number of hydrogen-bond donors (Lipinski definition) is 3. The highest BCUT2D eigenvalue weighted by atomic mass is 16.4. The lowest BCUT2D eigenvalue weighted by Crippen LogP contribution is -2.58. The smallest absolute Gasteiger partial charge is 0.234 e. The number of nitrogens with two attached hydrogens (primary N) is 1. The standard InChI is InChI=1S/C11H21N3O2/c1-4-8(3)13-10(15)11(9(12)14-16)5-7(2)6-11/h7-8,16H,4-6H2,1-3H3,(H2,12,14)(H,13,15). The van der Waals surface area contributed by atoms with Gasteiger partial charge in [-0.15, -0.1) is 0 Å². The molecule has 0 bridgehead atoms. The van der Waals surface area contributed by atoms with E-state index in [4.69, 9.17) is 10.9 Å². The Hall–Kier alpha value is -1.26. The zero-order valence-electron chi connectivity index (χ0n) is 10.2. The maximum absolute atomic E-state index is 12.1. The van der Waals surface area contributed by atoms with Gasteiger partial charge in [-0.05, 0) is 32.1 Å². The lowest BCUT2D eigenvalue weighted by atomic mass is 9.61. The number of amidine groups is 1. The van der Waals surface area contributed by atoms with Crippen LogP contribution in [0.2, 0.25) is 0 Å². The Labute approximate surface area is 96.1 Å². The minimum absolute atomic E-state index is 0.0337. The highest BCUT2D eigenvalue weighted by Crippen LogP contribution is 2.45. The second-order valence-electron chi connectivity index (χ2n) is 4.86. The molecule has 0 radical (unpaired) electrons. The maximum atomic E-state index is 12.1. The van der Waals surface area contributed by atoms with Crippen LogP contribution in [-0.4, -0.2) is 23.0 Å². The van der Waals surface area contributed by atoms with Crippen molar-refractivity contribution in [3.05, 3.63) is 0 Å². The van der Waals surface area contributed by atoms with E-state index in [1.165, 1.54) is 0 Å². The minimum atomic E-state index is -0.780. The zero-order chi connectivity index (χ0) is 12.3. The van der Waals surface area contributed by atoms with Crippen LogP contribution in [-0.2, 0) is 4.79 Å². The molecule has 1 atom stereocenters. The normalized spacial score (nSPS) is 31.7. The number of nitrogens with zero attached hydrogens (tertiary/aromatic N) is 1. The molecule has 1 saturated carbocycles. The van der Waals surface area contributed by atoms with Crippen molar-refractivity contribution in [2.45, 2.75) is 46.1 Å². The fourth-order valence-electron chi connectivity index (χ4n) is 2.20. The Bertz CT molecular complexity index is 296. The Morgan fingerprint density at radius 1 is 1.69 bits per heavy atom. The van der Waals surface area contributed by atoms with E-state index in [0.29, 0.717) is 18.8 Å². The summed E-state index contributed by atoms with van der Waals surface area (Å²) in [6.45, 7) is 6.00. The molecule has 5 nitrogen and oxygen atoms in total. The van der Waals surface area contributed by atoms with Gasteiger partial charge in [-0.2, -0.15) is 0 Å². The van der Waals surface area contributed by atoms with Crippen molar-refractivity contribution in [1.82, 2.24) is 5.32 Å². The van der Waals surface area contributed by atoms with E-state index >= 15 is 0 Å². The first kappa shape index (κ1) is 12.8. The third-order valence-corrected chi connectivity index (χ3v) is 3.42. The van der Waals surface area contributed by atoms with Crippen molar-refractivity contribution < 1.29 is 10.0 Å². The van der Waals surface area contributed by atoms with Crippen LogP contribution >= 0.6 is 0 Å². The van der Waals surface area contributed by atoms with E-state index in [0.717, 1.165) is 6.42 Å². The summed E-state index contributed by atoms with van der Waals surface area (Å²) >= 11 is 0. The van der Waals surface area contributed by atoms with E-state index in [1.807, 2.05) is 13.8 Å². The number of hydrogen-bond acceptors (Lipinski definition) is 3. The van der Waals surface area contributed by atoms with Crippen molar-refractivity contribution in [3.63, 3.8) is 0 Å². The van der Waals surface area contributed by atoms with Crippen LogP contribution in [0.4, 0.5) is 0 Å². The number of rotatable bonds is 4. The molecule has 1 unspecified atom stereocenters. The molecule has 1 rings (SSSR count). The number of carbonyl (C=O) groups excluding carboxylic acids is 1. The van der Waals surface area contributed by atoms with Crippen LogP contribution in [0.3, 0.4) is 0 Å². The predicted molar refractivity (Wildman–Crippen MR) is 62.1 cm³/mol. The molecule has 0 aromatic rings. The Kier molecular flexibility index (Phi) is 3.78. The summed E-state index contributed by atoms with van der Waals surface area (Å²) < 4.78 is 0. The van der Waals surface area contributed by atoms with E-state index in [9.17, 15) is 4.79 Å². The van der Waals surface area contributed by atoms with Crippen molar-refractivity contribution in [2.75, 3.05) is 0 Å². The fourth-order valence-corrected chi connectivity index (χ4v) is 2.20. The molecule has 4 N–H and O–H groups in total. The molecule has 1 amide bonds. The average Bonchev–Trinajstić information content (AvgIpc) is 2.22. The molecular formula is C11H21N3O2. The van der Waals surface area contributed by atoms with Crippen molar-refractivity contribution in [3.8, 4) is 0 Å². The van der Waals surface area contributed by atoms with Gasteiger partial charge in [0.05, 0.1) is 0 Å². The summed E-state index contributed by atoms with van der Waals surface area (Å²) in [6, 6.07) is 0.117. The molecule has 1 fully saturated rings. The SMILES string of the molecule is CCC(C)NC(=O)C1(C(N)=NO)CC(C)C1. The summed E-state index contributed by atoms with van der Waals surface area (Å²) in [5.74, 6) is 0.365. The van der Waals surface area contributed by atoms with Crippen LogP contribution < -0.4 is 11.1 Å². The first-order valence-corrected chi connectivity index (χ1v) is 5.75. The third kappa shape index (κ3) is 2.13. The van der Waals surface area contributed by atoms with E-state index in [1.54, 1.807) is 0 Å². The van der Waals surface area contributed by atoms with Crippen molar-refractivity contribution >= 4 is 11.7 Å². The predicted octanol–water partition coefficient (Wildman–Crippen LogP) is 1.06. The van der Waals surface area contributed by atoms with Crippen LogP contribution in [0.25, 0.3) is 0 Å². The molecule has 1 aliphatic carbocycles. The molecule has 16 heavy (non-hydrogen) atoms. The number of carbonyl (C=O) groups is 1. The van der Waals surface area contributed by atoms with Crippen LogP contribution in [0.15, 0.2) is 5.16 Å². The Morgan fingerprint density at radius 3 is 2.62 bits per heavy atom. The minimum Gasteiger partial charge on any atom is -0.409 e. The lowest BCUT2D eigenvalue weighted by Gasteiger charge is -2.44. The van der Waals surface area contributed by atoms with Gasteiger partial charge < -0.3 is 16.3 Å². The maximum Gasteiger partial charge on any atom is 0.234 e. The molecule has 0 saturated heterocycles. The summed E-state index contributed by atoms with van der Waals surface area (Å²) in [5, 5.41) is 14.6. The van der Waals surface area contributed by atoms with E-state index in [-0.39, 0.29) is 17.8 Å². The summed E-state index contributed by atoms with van der Waals surface area (Å²) in [4.78, 5) is 12.1. The average molecular weight is 227 g/mol. The van der Waals surface area contributed by atoms with Gasteiger partial charge in [0, 0.05) is 6.04 Å². The van der Waals surface area contributed by atoms with Gasteiger partial charge in [0.2, 0.25) is 5.91 Å². The molecule has 0 aliphatic heterocycles. The fraction of sp³-hybridized carbons (Fsp3) is 0.818. The molecule has 0 spiro atoms. The lowest BCUT2D eigenvalue weighted by molar-refractivity contribution is -0.133.